The fourth-order valence-electron chi connectivity index (χ4n) is 2.80. The summed E-state index contributed by atoms with van der Waals surface area (Å²) < 4.78 is 0. The van der Waals surface area contributed by atoms with Gasteiger partial charge in [0.25, 0.3) is 0 Å². The van der Waals surface area contributed by atoms with Crippen LogP contribution in [0.2, 0.25) is 0 Å². The van der Waals surface area contributed by atoms with Crippen LogP contribution in [0.25, 0.3) is 0 Å². The number of nitrogens with two attached hydrogens (primary N) is 1. The molecule has 2 rings (SSSR count). The fourth-order valence-corrected chi connectivity index (χ4v) is 2.80. The Balaban J connectivity index is 2.15. The number of hydrogen-bond donors (Lipinski definition) is 1. The van der Waals surface area contributed by atoms with Gasteiger partial charge in [0.1, 0.15) is 11.8 Å². The molecule has 0 bridgehead atoms. The molecule has 2 heterocycles. The topological polar surface area (TPSA) is 65.9 Å². The predicted octanol–water partition coefficient (Wildman–Crippen LogP) is 1.51. The third-order valence-electron chi connectivity index (χ3n) is 3.84. The Morgan fingerprint density at radius 3 is 3.17 bits per heavy atom. The normalized spacial score (nSPS) is 24.7. The van der Waals surface area contributed by atoms with E-state index in [4.69, 9.17) is 11.0 Å². The average molecular weight is 244 g/mol. The molecule has 2 atom stereocenters. The van der Waals surface area contributed by atoms with Gasteiger partial charge in [-0.15, -0.1) is 0 Å². The highest BCUT2D eigenvalue weighted by Crippen LogP contribution is 2.24. The summed E-state index contributed by atoms with van der Waals surface area (Å²) in [7, 11) is 0. The maximum Gasteiger partial charge on any atom is 0.144 e. The van der Waals surface area contributed by atoms with Crippen molar-refractivity contribution in [2.45, 2.75) is 32.4 Å². The molecule has 0 saturated carbocycles. The summed E-state index contributed by atoms with van der Waals surface area (Å²) in [5, 5.41) is 9.07. The van der Waals surface area contributed by atoms with Crippen LogP contribution in [0.4, 0.5) is 0 Å². The number of piperidine rings is 1. The summed E-state index contributed by atoms with van der Waals surface area (Å²) in [6, 6.07) is 6.46. The number of nitriles is 1. The Kier molecular flexibility index (Phi) is 4.29. The lowest BCUT2D eigenvalue weighted by atomic mass is 9.90. The molecule has 0 amide bonds. The second kappa shape index (κ2) is 5.94. The van der Waals surface area contributed by atoms with Crippen LogP contribution < -0.4 is 5.73 Å². The third kappa shape index (κ3) is 2.69. The molecule has 4 heteroatoms. The van der Waals surface area contributed by atoms with E-state index in [2.05, 4.69) is 22.9 Å². The Bertz CT molecular complexity index is 438. The zero-order chi connectivity index (χ0) is 13.0. The molecule has 1 fully saturated rings. The lowest BCUT2D eigenvalue weighted by Gasteiger charge is -2.39. The summed E-state index contributed by atoms with van der Waals surface area (Å²) in [6.45, 7) is 4.79. The van der Waals surface area contributed by atoms with Gasteiger partial charge >= 0.3 is 0 Å². The van der Waals surface area contributed by atoms with E-state index in [1.807, 2.05) is 12.1 Å². The minimum Gasteiger partial charge on any atom is -0.329 e. The van der Waals surface area contributed by atoms with E-state index in [1.54, 1.807) is 6.20 Å². The monoisotopic (exact) mass is 244 g/mol. The largest absolute Gasteiger partial charge is 0.329 e. The highest BCUT2D eigenvalue weighted by Gasteiger charge is 2.27. The van der Waals surface area contributed by atoms with E-state index in [0.717, 1.165) is 18.7 Å². The van der Waals surface area contributed by atoms with Crippen molar-refractivity contribution in [1.82, 2.24) is 9.88 Å². The number of rotatable bonds is 3. The maximum atomic E-state index is 9.07. The van der Waals surface area contributed by atoms with Gasteiger partial charge in [-0.3, -0.25) is 4.90 Å². The average Bonchev–Trinajstić information content (AvgIpc) is 2.40. The van der Waals surface area contributed by atoms with Crippen molar-refractivity contribution in [3.05, 3.63) is 29.6 Å². The second-order valence-electron chi connectivity index (χ2n) is 5.02. The predicted molar refractivity (Wildman–Crippen MR) is 70.6 cm³/mol. The molecule has 1 saturated heterocycles. The zero-order valence-electron chi connectivity index (χ0n) is 10.8. The summed E-state index contributed by atoms with van der Waals surface area (Å²) in [6.07, 6.45) is 4.12. The van der Waals surface area contributed by atoms with Crippen molar-refractivity contribution >= 4 is 0 Å². The number of hydrogen-bond acceptors (Lipinski definition) is 4. The zero-order valence-corrected chi connectivity index (χ0v) is 10.8. The number of aromatic nitrogens is 1. The molecular formula is C14H20N4. The van der Waals surface area contributed by atoms with Crippen LogP contribution >= 0.6 is 0 Å². The lowest BCUT2D eigenvalue weighted by Crippen LogP contribution is -2.48. The van der Waals surface area contributed by atoms with Crippen molar-refractivity contribution in [2.75, 3.05) is 13.1 Å². The van der Waals surface area contributed by atoms with E-state index >= 15 is 0 Å². The first-order valence-electron chi connectivity index (χ1n) is 6.54. The first-order chi connectivity index (χ1) is 8.76. The molecule has 18 heavy (non-hydrogen) atoms. The van der Waals surface area contributed by atoms with Gasteiger partial charge in [-0.1, -0.05) is 13.0 Å². The summed E-state index contributed by atoms with van der Waals surface area (Å²) >= 11 is 0. The standard InChI is InChI=1S/C14H20N4/c1-11-4-3-7-18(14(11)9-16)10-12-5-2-6-17-13(12)8-15/h2,5-6,11,14H,3-4,7,9-10,16H2,1H3. The third-order valence-corrected chi connectivity index (χ3v) is 3.84. The van der Waals surface area contributed by atoms with Crippen molar-refractivity contribution < 1.29 is 0 Å². The second-order valence-corrected chi connectivity index (χ2v) is 5.02. The Morgan fingerprint density at radius 2 is 2.44 bits per heavy atom. The highest BCUT2D eigenvalue weighted by atomic mass is 15.2. The van der Waals surface area contributed by atoms with Crippen molar-refractivity contribution in [2.24, 2.45) is 11.7 Å². The van der Waals surface area contributed by atoms with Gasteiger partial charge in [-0.2, -0.15) is 5.26 Å². The number of nitrogens with zero attached hydrogens (tertiary/aromatic N) is 3. The first-order valence-corrected chi connectivity index (χ1v) is 6.54. The number of pyridine rings is 1. The van der Waals surface area contributed by atoms with E-state index in [0.29, 0.717) is 24.2 Å². The van der Waals surface area contributed by atoms with Gasteiger partial charge in [0.05, 0.1) is 0 Å². The van der Waals surface area contributed by atoms with Crippen molar-refractivity contribution in [3.8, 4) is 6.07 Å². The fraction of sp³-hybridized carbons (Fsp3) is 0.571. The minimum absolute atomic E-state index is 0.422. The van der Waals surface area contributed by atoms with E-state index in [1.165, 1.54) is 12.8 Å². The van der Waals surface area contributed by atoms with Crippen molar-refractivity contribution in [3.63, 3.8) is 0 Å². The molecule has 2 unspecified atom stereocenters. The smallest absolute Gasteiger partial charge is 0.144 e. The van der Waals surface area contributed by atoms with Gasteiger partial charge in [0.2, 0.25) is 0 Å². The quantitative estimate of drug-likeness (QED) is 0.875. The van der Waals surface area contributed by atoms with E-state index in [9.17, 15) is 0 Å². The Morgan fingerprint density at radius 1 is 1.61 bits per heavy atom. The maximum absolute atomic E-state index is 9.07. The molecule has 96 valence electrons. The van der Waals surface area contributed by atoms with Crippen LogP contribution in [0, 0.1) is 17.2 Å². The molecular weight excluding hydrogens is 224 g/mol. The van der Waals surface area contributed by atoms with Gasteiger partial charge in [-0.05, 0) is 31.4 Å². The minimum atomic E-state index is 0.422. The SMILES string of the molecule is CC1CCCN(Cc2cccnc2C#N)C1CN. The molecule has 1 aromatic rings. The van der Waals surface area contributed by atoms with Crippen LogP contribution in [0.15, 0.2) is 18.3 Å². The molecule has 0 spiro atoms. The lowest BCUT2D eigenvalue weighted by molar-refractivity contribution is 0.0989. The van der Waals surface area contributed by atoms with Crippen LogP contribution in [0.1, 0.15) is 31.0 Å². The van der Waals surface area contributed by atoms with Crippen molar-refractivity contribution in [1.29, 1.82) is 5.26 Å². The van der Waals surface area contributed by atoms with Gasteiger partial charge in [0.15, 0.2) is 0 Å². The molecule has 1 aliphatic heterocycles. The molecule has 0 aromatic carbocycles. The summed E-state index contributed by atoms with van der Waals surface area (Å²) in [4.78, 5) is 6.51. The molecule has 0 aliphatic carbocycles. The van der Waals surface area contributed by atoms with E-state index in [-0.39, 0.29) is 0 Å². The Labute approximate surface area is 108 Å². The highest BCUT2D eigenvalue weighted by molar-refractivity contribution is 5.30. The molecule has 1 aromatic heterocycles. The van der Waals surface area contributed by atoms with Crippen LogP contribution in [-0.2, 0) is 6.54 Å². The molecule has 1 aliphatic rings. The van der Waals surface area contributed by atoms with Gasteiger partial charge < -0.3 is 5.73 Å². The summed E-state index contributed by atoms with van der Waals surface area (Å²) in [5.41, 5.74) is 7.43. The van der Waals surface area contributed by atoms with Crippen LogP contribution in [0.3, 0.4) is 0 Å². The first kappa shape index (κ1) is 13.0. The molecule has 2 N–H and O–H groups in total. The van der Waals surface area contributed by atoms with Crippen LogP contribution in [-0.4, -0.2) is 29.0 Å². The van der Waals surface area contributed by atoms with E-state index < -0.39 is 0 Å². The molecule has 0 radical (unpaired) electrons. The van der Waals surface area contributed by atoms with Gasteiger partial charge in [0, 0.05) is 30.9 Å². The summed E-state index contributed by atoms with van der Waals surface area (Å²) in [5.74, 6) is 0.631. The Hall–Kier alpha value is -1.44. The molecule has 4 nitrogen and oxygen atoms in total. The van der Waals surface area contributed by atoms with Crippen LogP contribution in [0.5, 0.6) is 0 Å². The van der Waals surface area contributed by atoms with Gasteiger partial charge in [-0.25, -0.2) is 4.98 Å². The number of likely N-dealkylation sites (tertiary alicyclic amines) is 1.